The first-order valence-corrected chi connectivity index (χ1v) is 9.52. The monoisotopic (exact) mass is 365 g/mol. The number of carbonyl (C=O) groups excluding carboxylic acids is 1. The molecular weight excluding hydrogens is 334 g/mol. The first-order valence-electron chi connectivity index (χ1n) is 9.52. The van der Waals surface area contributed by atoms with Crippen molar-refractivity contribution in [1.29, 1.82) is 0 Å². The highest BCUT2D eigenvalue weighted by Crippen LogP contribution is 2.43. The van der Waals surface area contributed by atoms with Gasteiger partial charge in [-0.05, 0) is 56.1 Å². The van der Waals surface area contributed by atoms with E-state index in [1.54, 1.807) is 6.08 Å². The largest absolute Gasteiger partial charge is 0.269 e. The Morgan fingerprint density at radius 2 is 1.85 bits per heavy atom. The molecule has 4 nitrogen and oxygen atoms in total. The fourth-order valence-corrected chi connectivity index (χ4v) is 3.34. The Labute approximate surface area is 163 Å². The molecular formula is C23H31N3O. The molecule has 0 radical (unpaired) electrons. The van der Waals surface area contributed by atoms with Gasteiger partial charge in [0.25, 0.3) is 5.91 Å². The van der Waals surface area contributed by atoms with Gasteiger partial charge in [0.1, 0.15) is 12.7 Å². The van der Waals surface area contributed by atoms with E-state index in [0.29, 0.717) is 5.92 Å². The summed E-state index contributed by atoms with van der Waals surface area (Å²) in [6.07, 6.45) is 17.3. The molecule has 1 atom stereocenters. The quantitative estimate of drug-likeness (QED) is 0.497. The highest BCUT2D eigenvalue weighted by Gasteiger charge is 2.29. The lowest BCUT2D eigenvalue weighted by atomic mass is 9.69. The van der Waals surface area contributed by atoms with Crippen molar-refractivity contribution >= 4 is 5.91 Å². The van der Waals surface area contributed by atoms with Crippen molar-refractivity contribution in [2.75, 3.05) is 0 Å². The molecule has 0 aliphatic heterocycles. The first kappa shape index (κ1) is 20.8. The smallest absolute Gasteiger partial charge is 0.257 e. The molecule has 0 spiro atoms. The van der Waals surface area contributed by atoms with Crippen LogP contribution in [-0.4, -0.2) is 20.7 Å². The number of rotatable bonds is 5. The summed E-state index contributed by atoms with van der Waals surface area (Å²) in [5.41, 5.74) is 5.28. The number of allylic oxidation sites excluding steroid dienone is 10. The minimum Gasteiger partial charge on any atom is -0.269 e. The van der Waals surface area contributed by atoms with Crippen molar-refractivity contribution in [2.24, 2.45) is 11.3 Å². The minimum atomic E-state index is -0.154. The molecule has 1 unspecified atom stereocenters. The second-order valence-electron chi connectivity index (χ2n) is 8.12. The lowest BCUT2D eigenvalue weighted by Crippen LogP contribution is -2.23. The molecule has 0 saturated heterocycles. The zero-order chi connectivity index (χ0) is 20.0. The van der Waals surface area contributed by atoms with Crippen LogP contribution in [-0.2, 0) is 0 Å². The predicted octanol–water partition coefficient (Wildman–Crippen LogP) is 5.70. The van der Waals surface area contributed by atoms with E-state index >= 15 is 0 Å². The maximum absolute atomic E-state index is 11.9. The fourth-order valence-electron chi connectivity index (χ4n) is 3.34. The second-order valence-corrected chi connectivity index (χ2v) is 8.12. The third-order valence-corrected chi connectivity index (χ3v) is 5.35. The molecule has 0 bridgehead atoms. The Morgan fingerprint density at radius 1 is 1.19 bits per heavy atom. The summed E-state index contributed by atoms with van der Waals surface area (Å²) in [6, 6.07) is 0. The Kier molecular flexibility index (Phi) is 6.89. The maximum Gasteiger partial charge on any atom is 0.257 e. The summed E-state index contributed by atoms with van der Waals surface area (Å²) in [4.78, 5) is 11.9. The molecule has 144 valence electrons. The highest BCUT2D eigenvalue weighted by molar-refractivity contribution is 5.90. The van der Waals surface area contributed by atoms with Crippen LogP contribution in [0.1, 0.15) is 59.2 Å². The van der Waals surface area contributed by atoms with Gasteiger partial charge in [0.05, 0.1) is 0 Å². The van der Waals surface area contributed by atoms with E-state index in [9.17, 15) is 4.79 Å². The van der Waals surface area contributed by atoms with E-state index in [0.717, 1.165) is 5.57 Å². The average Bonchev–Trinajstić information content (AvgIpc) is 3.13. The summed E-state index contributed by atoms with van der Waals surface area (Å²) in [5.74, 6) is 0.511. The lowest BCUT2D eigenvalue weighted by molar-refractivity contribution is 0.0967. The van der Waals surface area contributed by atoms with Gasteiger partial charge in [-0.2, -0.15) is 0 Å². The average molecular weight is 366 g/mol. The third-order valence-electron chi connectivity index (χ3n) is 5.35. The van der Waals surface area contributed by atoms with E-state index in [1.807, 2.05) is 19.1 Å². The van der Waals surface area contributed by atoms with E-state index in [-0.39, 0.29) is 11.3 Å². The van der Waals surface area contributed by atoms with Crippen LogP contribution in [0.15, 0.2) is 71.4 Å². The van der Waals surface area contributed by atoms with Crippen LogP contribution in [0.5, 0.6) is 0 Å². The molecule has 1 heterocycles. The van der Waals surface area contributed by atoms with Crippen LogP contribution in [0.4, 0.5) is 0 Å². The van der Waals surface area contributed by atoms with Crippen molar-refractivity contribution in [1.82, 2.24) is 14.8 Å². The SMILES string of the molecule is CC1=C(/C=C/C(C)=C/C=C/C(C)=C\C(=O)n2cnnc2)C(C)(C)CCC1C. The maximum atomic E-state index is 11.9. The standard InChI is InChI=1S/C23H31N3O/c1-17(10-11-21-20(4)19(3)12-13-23(21,5)6)8-7-9-18(2)14-22(27)26-15-24-25-16-26/h7-11,14-16,19H,12-13H2,1-6H3/b9-7+,11-10+,17-8+,18-14-. The Morgan fingerprint density at radius 3 is 2.52 bits per heavy atom. The van der Waals surface area contributed by atoms with Gasteiger partial charge in [0.2, 0.25) is 0 Å². The molecule has 1 aromatic rings. The molecule has 0 fully saturated rings. The van der Waals surface area contributed by atoms with Gasteiger partial charge in [-0.25, -0.2) is 0 Å². The molecule has 27 heavy (non-hydrogen) atoms. The van der Waals surface area contributed by atoms with Gasteiger partial charge in [-0.1, -0.05) is 62.3 Å². The molecule has 0 aromatic carbocycles. The van der Waals surface area contributed by atoms with Crippen LogP contribution in [0.2, 0.25) is 0 Å². The molecule has 2 rings (SSSR count). The molecule has 0 saturated carbocycles. The van der Waals surface area contributed by atoms with Crippen molar-refractivity contribution in [3.63, 3.8) is 0 Å². The van der Waals surface area contributed by atoms with E-state index in [2.05, 4.69) is 63.0 Å². The number of hydrogen-bond acceptors (Lipinski definition) is 3. The fraction of sp³-hybridized carbons (Fsp3) is 0.435. The van der Waals surface area contributed by atoms with E-state index < -0.39 is 0 Å². The normalized spacial score (nSPS) is 21.5. The summed E-state index contributed by atoms with van der Waals surface area (Å²) < 4.78 is 1.35. The zero-order valence-electron chi connectivity index (χ0n) is 17.4. The Bertz CT molecular complexity index is 818. The highest BCUT2D eigenvalue weighted by atomic mass is 16.1. The predicted molar refractivity (Wildman–Crippen MR) is 111 cm³/mol. The molecule has 0 amide bonds. The number of hydrogen-bond donors (Lipinski definition) is 0. The zero-order valence-corrected chi connectivity index (χ0v) is 17.4. The van der Waals surface area contributed by atoms with Crippen molar-refractivity contribution in [3.05, 3.63) is 71.4 Å². The van der Waals surface area contributed by atoms with Gasteiger partial charge in [-0.3, -0.25) is 9.36 Å². The molecule has 0 N–H and O–H groups in total. The Hall–Kier alpha value is -2.49. The van der Waals surface area contributed by atoms with Gasteiger partial charge in [-0.15, -0.1) is 10.2 Å². The second kappa shape index (κ2) is 8.94. The van der Waals surface area contributed by atoms with Crippen LogP contribution < -0.4 is 0 Å². The van der Waals surface area contributed by atoms with Gasteiger partial charge >= 0.3 is 0 Å². The Balaban J connectivity index is 2.05. The van der Waals surface area contributed by atoms with Gasteiger partial charge in [0, 0.05) is 6.08 Å². The van der Waals surface area contributed by atoms with E-state index in [4.69, 9.17) is 0 Å². The summed E-state index contributed by atoms with van der Waals surface area (Å²) in [6.45, 7) is 13.3. The number of carbonyl (C=O) groups is 1. The van der Waals surface area contributed by atoms with Crippen molar-refractivity contribution in [3.8, 4) is 0 Å². The van der Waals surface area contributed by atoms with Crippen molar-refractivity contribution in [2.45, 2.75) is 54.4 Å². The van der Waals surface area contributed by atoms with Gasteiger partial charge < -0.3 is 0 Å². The van der Waals surface area contributed by atoms with Crippen molar-refractivity contribution < 1.29 is 4.79 Å². The summed E-state index contributed by atoms with van der Waals surface area (Å²) in [5, 5.41) is 7.28. The van der Waals surface area contributed by atoms with Crippen LogP contribution in [0.3, 0.4) is 0 Å². The summed E-state index contributed by atoms with van der Waals surface area (Å²) in [7, 11) is 0. The minimum absolute atomic E-state index is 0.154. The molecule has 4 heteroatoms. The first-order chi connectivity index (χ1) is 12.7. The molecule has 1 aliphatic carbocycles. The van der Waals surface area contributed by atoms with Crippen LogP contribution in [0.25, 0.3) is 0 Å². The summed E-state index contributed by atoms with van der Waals surface area (Å²) >= 11 is 0. The topological polar surface area (TPSA) is 47.8 Å². The molecule has 1 aromatic heterocycles. The molecule has 1 aliphatic rings. The third kappa shape index (κ3) is 5.75. The number of nitrogens with zero attached hydrogens (tertiary/aromatic N) is 3. The number of aromatic nitrogens is 3. The lowest BCUT2D eigenvalue weighted by Gasteiger charge is -2.36. The van der Waals surface area contributed by atoms with Crippen LogP contribution >= 0.6 is 0 Å². The van der Waals surface area contributed by atoms with E-state index in [1.165, 1.54) is 46.8 Å². The van der Waals surface area contributed by atoms with Crippen LogP contribution in [0, 0.1) is 11.3 Å². The van der Waals surface area contributed by atoms with Gasteiger partial charge in [0.15, 0.2) is 0 Å².